The number of nitrogens with zero attached hydrogens (tertiary/aromatic N) is 2. The molecule has 0 atom stereocenters. The van der Waals surface area contributed by atoms with Gasteiger partial charge >= 0.3 is 0 Å². The third-order valence-corrected chi connectivity index (χ3v) is 1.52. The van der Waals surface area contributed by atoms with E-state index in [-0.39, 0.29) is 11.4 Å². The summed E-state index contributed by atoms with van der Waals surface area (Å²) >= 11 is 0. The van der Waals surface area contributed by atoms with Crippen molar-refractivity contribution in [2.45, 2.75) is 33.2 Å². The summed E-state index contributed by atoms with van der Waals surface area (Å²) < 4.78 is 0. The smallest absolute Gasteiger partial charge is 0.270 e. The standard InChI is InChI=1S/C10H15N3O/c1-7-5-8(12-6-11-7)9(14)13-10(2,3)4/h5-6H,1-4H3,(H,13,14). The van der Waals surface area contributed by atoms with Gasteiger partial charge in [0.1, 0.15) is 12.0 Å². The molecule has 4 nitrogen and oxygen atoms in total. The lowest BCUT2D eigenvalue weighted by molar-refractivity contribution is 0.0914. The van der Waals surface area contributed by atoms with Crippen LogP contribution in [0.2, 0.25) is 0 Å². The van der Waals surface area contributed by atoms with E-state index in [0.29, 0.717) is 5.69 Å². The minimum atomic E-state index is -0.240. The number of rotatable bonds is 1. The van der Waals surface area contributed by atoms with Gasteiger partial charge < -0.3 is 5.32 Å². The van der Waals surface area contributed by atoms with Crippen molar-refractivity contribution in [2.75, 3.05) is 0 Å². The fourth-order valence-electron chi connectivity index (χ4n) is 0.983. The van der Waals surface area contributed by atoms with Gasteiger partial charge in [-0.2, -0.15) is 0 Å². The molecule has 1 rings (SSSR count). The fourth-order valence-corrected chi connectivity index (χ4v) is 0.983. The molecule has 0 bridgehead atoms. The first kappa shape index (κ1) is 10.6. The maximum absolute atomic E-state index is 11.6. The van der Waals surface area contributed by atoms with Gasteiger partial charge in [0.2, 0.25) is 0 Å². The number of carbonyl (C=O) groups excluding carboxylic acids is 1. The average Bonchev–Trinajstić information content (AvgIpc) is 2.01. The molecule has 4 heteroatoms. The molecule has 0 aliphatic heterocycles. The summed E-state index contributed by atoms with van der Waals surface area (Å²) in [6, 6.07) is 1.67. The molecule has 0 fully saturated rings. The molecule has 1 aromatic heterocycles. The lowest BCUT2D eigenvalue weighted by Gasteiger charge is -2.19. The molecule has 0 saturated heterocycles. The monoisotopic (exact) mass is 193 g/mol. The summed E-state index contributed by atoms with van der Waals surface area (Å²) in [5.41, 5.74) is 0.960. The van der Waals surface area contributed by atoms with Crippen LogP contribution in [0.1, 0.15) is 37.0 Å². The van der Waals surface area contributed by atoms with Gasteiger partial charge in [-0.05, 0) is 33.8 Å². The molecule has 76 valence electrons. The highest BCUT2D eigenvalue weighted by Gasteiger charge is 2.15. The van der Waals surface area contributed by atoms with Crippen LogP contribution < -0.4 is 5.32 Å². The minimum absolute atomic E-state index is 0.164. The van der Waals surface area contributed by atoms with Crippen LogP contribution in [0, 0.1) is 6.92 Å². The molecule has 14 heavy (non-hydrogen) atoms. The summed E-state index contributed by atoms with van der Waals surface area (Å²) in [7, 11) is 0. The second-order valence-electron chi connectivity index (χ2n) is 4.25. The van der Waals surface area contributed by atoms with Gasteiger partial charge in [0.25, 0.3) is 5.91 Å². The van der Waals surface area contributed by atoms with Crippen molar-refractivity contribution >= 4 is 5.91 Å². The zero-order chi connectivity index (χ0) is 10.8. The Kier molecular flexibility index (Phi) is 2.84. The highest BCUT2D eigenvalue weighted by atomic mass is 16.2. The Morgan fingerprint density at radius 2 is 2.00 bits per heavy atom. The van der Waals surface area contributed by atoms with E-state index < -0.39 is 0 Å². The summed E-state index contributed by atoms with van der Waals surface area (Å²) in [6.45, 7) is 7.62. The Morgan fingerprint density at radius 3 is 2.50 bits per heavy atom. The maximum Gasteiger partial charge on any atom is 0.270 e. The number of carbonyl (C=O) groups is 1. The number of hydrogen-bond donors (Lipinski definition) is 1. The van der Waals surface area contributed by atoms with Crippen LogP contribution in [0.25, 0.3) is 0 Å². The Balaban J connectivity index is 2.80. The molecule has 1 amide bonds. The van der Waals surface area contributed by atoms with Gasteiger partial charge in [0.15, 0.2) is 0 Å². The van der Waals surface area contributed by atoms with Crippen LogP contribution in [-0.4, -0.2) is 21.4 Å². The molecule has 0 aliphatic rings. The zero-order valence-electron chi connectivity index (χ0n) is 8.96. The van der Waals surface area contributed by atoms with E-state index in [4.69, 9.17) is 0 Å². The van der Waals surface area contributed by atoms with Crippen molar-refractivity contribution in [1.82, 2.24) is 15.3 Å². The fraction of sp³-hybridized carbons (Fsp3) is 0.500. The molecule has 0 saturated carbocycles. The average molecular weight is 193 g/mol. The van der Waals surface area contributed by atoms with Crippen LogP contribution in [0.4, 0.5) is 0 Å². The molecule has 0 unspecified atom stereocenters. The topological polar surface area (TPSA) is 54.9 Å². The van der Waals surface area contributed by atoms with Crippen LogP contribution in [-0.2, 0) is 0 Å². The molecule has 0 aromatic carbocycles. The van der Waals surface area contributed by atoms with E-state index in [9.17, 15) is 4.79 Å². The Bertz CT molecular complexity index is 341. The van der Waals surface area contributed by atoms with Crippen molar-refractivity contribution in [3.63, 3.8) is 0 Å². The summed E-state index contributed by atoms with van der Waals surface area (Å²) in [5.74, 6) is -0.164. The Hall–Kier alpha value is -1.45. The molecule has 1 N–H and O–H groups in total. The molecule has 0 spiro atoms. The molecule has 0 radical (unpaired) electrons. The minimum Gasteiger partial charge on any atom is -0.346 e. The van der Waals surface area contributed by atoms with Gasteiger partial charge in [-0.25, -0.2) is 9.97 Å². The van der Waals surface area contributed by atoms with E-state index in [1.165, 1.54) is 6.33 Å². The first-order valence-electron chi connectivity index (χ1n) is 4.50. The predicted molar refractivity (Wildman–Crippen MR) is 54.0 cm³/mol. The number of aryl methyl sites for hydroxylation is 1. The lowest BCUT2D eigenvalue weighted by Crippen LogP contribution is -2.40. The Morgan fingerprint density at radius 1 is 1.36 bits per heavy atom. The zero-order valence-corrected chi connectivity index (χ0v) is 8.96. The van der Waals surface area contributed by atoms with Crippen molar-refractivity contribution in [1.29, 1.82) is 0 Å². The van der Waals surface area contributed by atoms with Crippen LogP contribution in [0.15, 0.2) is 12.4 Å². The van der Waals surface area contributed by atoms with Gasteiger partial charge in [0, 0.05) is 11.2 Å². The largest absolute Gasteiger partial charge is 0.346 e. The van der Waals surface area contributed by atoms with Crippen LogP contribution in [0.3, 0.4) is 0 Å². The number of hydrogen-bond acceptors (Lipinski definition) is 3. The van der Waals surface area contributed by atoms with Crippen molar-refractivity contribution < 1.29 is 4.79 Å². The molecular formula is C10H15N3O. The highest BCUT2D eigenvalue weighted by molar-refractivity contribution is 5.92. The quantitative estimate of drug-likeness (QED) is 0.731. The van der Waals surface area contributed by atoms with E-state index >= 15 is 0 Å². The maximum atomic E-state index is 11.6. The number of amides is 1. The van der Waals surface area contributed by atoms with Gasteiger partial charge in [-0.1, -0.05) is 0 Å². The van der Waals surface area contributed by atoms with Crippen molar-refractivity contribution in [2.24, 2.45) is 0 Å². The SMILES string of the molecule is Cc1cc(C(=O)NC(C)(C)C)ncn1. The second kappa shape index (κ2) is 3.74. The van der Waals surface area contributed by atoms with Gasteiger partial charge in [-0.15, -0.1) is 0 Å². The number of aromatic nitrogens is 2. The van der Waals surface area contributed by atoms with Crippen LogP contribution in [0.5, 0.6) is 0 Å². The summed E-state index contributed by atoms with van der Waals surface area (Å²) in [4.78, 5) is 19.4. The van der Waals surface area contributed by atoms with Crippen molar-refractivity contribution in [3.05, 3.63) is 23.8 Å². The van der Waals surface area contributed by atoms with E-state index in [1.54, 1.807) is 6.07 Å². The first-order chi connectivity index (χ1) is 6.38. The number of nitrogens with one attached hydrogen (secondary N) is 1. The van der Waals surface area contributed by atoms with Crippen LogP contribution >= 0.6 is 0 Å². The lowest BCUT2D eigenvalue weighted by atomic mass is 10.1. The predicted octanol–water partition coefficient (Wildman–Crippen LogP) is 1.31. The molecule has 0 aliphatic carbocycles. The van der Waals surface area contributed by atoms with E-state index in [1.807, 2.05) is 27.7 Å². The van der Waals surface area contributed by atoms with Gasteiger partial charge in [0.05, 0.1) is 0 Å². The molecule has 1 heterocycles. The Labute approximate surface area is 83.8 Å². The van der Waals surface area contributed by atoms with E-state index in [2.05, 4.69) is 15.3 Å². The summed E-state index contributed by atoms with van der Waals surface area (Å²) in [6.07, 6.45) is 1.40. The van der Waals surface area contributed by atoms with Crippen molar-refractivity contribution in [3.8, 4) is 0 Å². The van der Waals surface area contributed by atoms with E-state index in [0.717, 1.165) is 5.69 Å². The highest BCUT2D eigenvalue weighted by Crippen LogP contribution is 2.02. The third kappa shape index (κ3) is 3.12. The van der Waals surface area contributed by atoms with Gasteiger partial charge in [-0.3, -0.25) is 4.79 Å². The first-order valence-corrected chi connectivity index (χ1v) is 4.50. The molecular weight excluding hydrogens is 178 g/mol. The second-order valence-corrected chi connectivity index (χ2v) is 4.25. The normalized spacial score (nSPS) is 11.1. The molecule has 1 aromatic rings. The third-order valence-electron chi connectivity index (χ3n) is 1.52. The summed E-state index contributed by atoms with van der Waals surface area (Å²) in [5, 5.41) is 2.83.